The minimum absolute atomic E-state index is 0.146. The topological polar surface area (TPSA) is 41.0 Å². The lowest BCUT2D eigenvalue weighted by molar-refractivity contribution is 0.244. The van der Waals surface area contributed by atoms with Crippen LogP contribution in [0.15, 0.2) is 35.1 Å². The fraction of sp³-hybridized carbons (Fsp3) is 0.438. The molecule has 0 saturated heterocycles. The largest absolute Gasteiger partial charge is 0.299 e. The number of rotatable bonds is 3. The molecule has 0 aliphatic carbocycles. The smallest absolute Gasteiger partial charge is 0.271 e. The monoisotopic (exact) mass is 271 g/mol. The number of hydrogen-bond acceptors (Lipinski definition) is 2. The van der Waals surface area contributed by atoms with Crippen LogP contribution in [0.3, 0.4) is 0 Å². The van der Waals surface area contributed by atoms with Crippen molar-refractivity contribution in [3.05, 3.63) is 57.5 Å². The lowest BCUT2D eigenvalue weighted by Gasteiger charge is -2.25. The maximum Gasteiger partial charge on any atom is 0.271 e. The zero-order valence-electron chi connectivity index (χ0n) is 12.1. The quantitative estimate of drug-likeness (QED) is 0.930. The first-order chi connectivity index (χ1) is 9.65. The molecular formula is C16H21N3O. The van der Waals surface area contributed by atoms with Gasteiger partial charge in [-0.15, -0.1) is 0 Å². The molecule has 0 atom stereocenters. The summed E-state index contributed by atoms with van der Waals surface area (Å²) < 4.78 is 1.75. The van der Waals surface area contributed by atoms with E-state index in [1.807, 2.05) is 19.9 Å². The number of nitrogens with one attached hydrogen (secondary N) is 1. The van der Waals surface area contributed by atoms with Gasteiger partial charge in [-0.1, -0.05) is 30.3 Å². The molecule has 0 radical (unpaired) electrons. The molecule has 0 unspecified atom stereocenters. The van der Waals surface area contributed by atoms with Crippen LogP contribution in [0.4, 0.5) is 0 Å². The Morgan fingerprint density at radius 3 is 2.70 bits per heavy atom. The van der Waals surface area contributed by atoms with E-state index in [1.54, 1.807) is 4.68 Å². The Bertz CT molecular complexity index is 639. The molecule has 0 fully saturated rings. The Kier molecular flexibility index (Phi) is 3.49. The number of H-pyrrole nitrogens is 1. The molecule has 4 nitrogen and oxygen atoms in total. The SMILES string of the molecule is CC(C)n1[nH]c2c(c1=O)CN(Cc1ccccc1)CC2. The number of nitrogens with zero attached hydrogens (tertiary/aromatic N) is 2. The van der Waals surface area contributed by atoms with Crippen molar-refractivity contribution in [3.8, 4) is 0 Å². The van der Waals surface area contributed by atoms with E-state index in [-0.39, 0.29) is 11.6 Å². The zero-order chi connectivity index (χ0) is 14.1. The van der Waals surface area contributed by atoms with Crippen LogP contribution >= 0.6 is 0 Å². The van der Waals surface area contributed by atoms with E-state index in [1.165, 1.54) is 5.56 Å². The van der Waals surface area contributed by atoms with E-state index in [2.05, 4.69) is 34.3 Å². The molecule has 1 aliphatic rings. The normalized spacial score (nSPS) is 15.6. The molecule has 0 saturated carbocycles. The average Bonchev–Trinajstić information content (AvgIpc) is 2.77. The van der Waals surface area contributed by atoms with Gasteiger partial charge < -0.3 is 0 Å². The van der Waals surface area contributed by atoms with Crippen molar-refractivity contribution >= 4 is 0 Å². The summed E-state index contributed by atoms with van der Waals surface area (Å²) >= 11 is 0. The maximum absolute atomic E-state index is 12.4. The Balaban J connectivity index is 1.80. The second kappa shape index (κ2) is 5.29. The number of aromatic nitrogens is 2. The van der Waals surface area contributed by atoms with Gasteiger partial charge in [0.25, 0.3) is 5.56 Å². The summed E-state index contributed by atoms with van der Waals surface area (Å²) in [5.41, 5.74) is 3.51. The van der Waals surface area contributed by atoms with Gasteiger partial charge in [-0.3, -0.25) is 19.5 Å². The Morgan fingerprint density at radius 2 is 2.00 bits per heavy atom. The Morgan fingerprint density at radius 1 is 1.25 bits per heavy atom. The highest BCUT2D eigenvalue weighted by Gasteiger charge is 2.23. The average molecular weight is 271 g/mol. The highest BCUT2D eigenvalue weighted by Crippen LogP contribution is 2.17. The second-order valence-corrected chi connectivity index (χ2v) is 5.78. The van der Waals surface area contributed by atoms with Gasteiger partial charge in [0.1, 0.15) is 0 Å². The Labute approximate surface area is 119 Å². The number of fused-ring (bicyclic) bond motifs is 1. The van der Waals surface area contributed by atoms with E-state index >= 15 is 0 Å². The second-order valence-electron chi connectivity index (χ2n) is 5.78. The Hall–Kier alpha value is -1.81. The molecule has 0 amide bonds. The molecule has 1 aromatic carbocycles. The predicted octanol–water partition coefficient (Wildman–Crippen LogP) is 2.32. The third-order valence-electron chi connectivity index (χ3n) is 3.92. The van der Waals surface area contributed by atoms with Gasteiger partial charge in [0.15, 0.2) is 0 Å². The maximum atomic E-state index is 12.4. The van der Waals surface area contributed by atoms with Crippen molar-refractivity contribution in [1.29, 1.82) is 0 Å². The molecule has 4 heteroatoms. The molecule has 0 spiro atoms. The molecule has 20 heavy (non-hydrogen) atoms. The molecular weight excluding hydrogens is 250 g/mol. The summed E-state index contributed by atoms with van der Waals surface area (Å²) in [7, 11) is 0. The third kappa shape index (κ3) is 2.43. The van der Waals surface area contributed by atoms with E-state index in [9.17, 15) is 4.79 Å². The molecule has 1 aromatic heterocycles. The van der Waals surface area contributed by atoms with Gasteiger partial charge in [0.2, 0.25) is 0 Å². The predicted molar refractivity (Wildman–Crippen MR) is 79.7 cm³/mol. The summed E-state index contributed by atoms with van der Waals surface area (Å²) in [6.45, 7) is 6.72. The summed E-state index contributed by atoms with van der Waals surface area (Å²) in [5.74, 6) is 0. The molecule has 3 rings (SSSR count). The van der Waals surface area contributed by atoms with E-state index < -0.39 is 0 Å². The highest BCUT2D eigenvalue weighted by atomic mass is 16.1. The first-order valence-corrected chi connectivity index (χ1v) is 7.23. The zero-order valence-corrected chi connectivity index (χ0v) is 12.1. The van der Waals surface area contributed by atoms with E-state index in [0.717, 1.165) is 37.3 Å². The third-order valence-corrected chi connectivity index (χ3v) is 3.92. The number of aromatic amines is 1. The van der Waals surface area contributed by atoms with Gasteiger partial charge in [-0.25, -0.2) is 0 Å². The molecule has 106 valence electrons. The first-order valence-electron chi connectivity index (χ1n) is 7.23. The summed E-state index contributed by atoms with van der Waals surface area (Å²) in [5, 5.41) is 3.26. The van der Waals surface area contributed by atoms with Crippen LogP contribution in [0.2, 0.25) is 0 Å². The lowest BCUT2D eigenvalue weighted by Crippen LogP contribution is -2.32. The van der Waals surface area contributed by atoms with Crippen LogP contribution in [0.5, 0.6) is 0 Å². The van der Waals surface area contributed by atoms with Crippen LogP contribution in [-0.2, 0) is 19.5 Å². The molecule has 2 aromatic rings. The lowest BCUT2D eigenvalue weighted by atomic mass is 10.1. The minimum Gasteiger partial charge on any atom is -0.299 e. The fourth-order valence-electron chi connectivity index (χ4n) is 2.82. The van der Waals surface area contributed by atoms with E-state index in [0.29, 0.717) is 0 Å². The first kappa shape index (κ1) is 13.2. The van der Waals surface area contributed by atoms with Crippen LogP contribution in [0.25, 0.3) is 0 Å². The van der Waals surface area contributed by atoms with Crippen LogP contribution in [-0.4, -0.2) is 21.2 Å². The van der Waals surface area contributed by atoms with Crippen molar-refractivity contribution in [2.75, 3.05) is 6.54 Å². The molecule has 1 aliphatic heterocycles. The van der Waals surface area contributed by atoms with Crippen molar-refractivity contribution < 1.29 is 0 Å². The van der Waals surface area contributed by atoms with Gasteiger partial charge in [0.05, 0.1) is 5.56 Å². The summed E-state index contributed by atoms with van der Waals surface area (Å²) in [4.78, 5) is 14.7. The number of hydrogen-bond donors (Lipinski definition) is 1. The fourth-order valence-corrected chi connectivity index (χ4v) is 2.82. The van der Waals surface area contributed by atoms with Crippen molar-refractivity contribution in [1.82, 2.24) is 14.7 Å². The van der Waals surface area contributed by atoms with Crippen molar-refractivity contribution in [2.24, 2.45) is 0 Å². The summed E-state index contributed by atoms with van der Waals surface area (Å²) in [6.07, 6.45) is 0.928. The molecule has 0 bridgehead atoms. The van der Waals surface area contributed by atoms with Gasteiger partial charge in [-0.2, -0.15) is 0 Å². The number of benzene rings is 1. The van der Waals surface area contributed by atoms with Crippen molar-refractivity contribution in [2.45, 2.75) is 39.4 Å². The van der Waals surface area contributed by atoms with Gasteiger partial charge >= 0.3 is 0 Å². The highest BCUT2D eigenvalue weighted by molar-refractivity contribution is 5.22. The molecule has 1 N–H and O–H groups in total. The van der Waals surface area contributed by atoms with Gasteiger partial charge in [0, 0.05) is 37.8 Å². The standard InChI is InChI=1S/C16H21N3O/c1-12(2)19-16(20)14-11-18(9-8-15(14)17-19)10-13-6-4-3-5-7-13/h3-7,12,17H,8-11H2,1-2H3. The van der Waals surface area contributed by atoms with Crippen LogP contribution in [0, 0.1) is 0 Å². The van der Waals surface area contributed by atoms with Crippen molar-refractivity contribution in [3.63, 3.8) is 0 Å². The van der Waals surface area contributed by atoms with E-state index in [4.69, 9.17) is 0 Å². The van der Waals surface area contributed by atoms with Crippen LogP contribution < -0.4 is 5.56 Å². The summed E-state index contributed by atoms with van der Waals surface area (Å²) in [6, 6.07) is 10.6. The minimum atomic E-state index is 0.146. The van der Waals surface area contributed by atoms with Gasteiger partial charge in [-0.05, 0) is 19.4 Å². The van der Waals surface area contributed by atoms with Crippen LogP contribution in [0.1, 0.15) is 36.7 Å². The molecule has 2 heterocycles.